The van der Waals surface area contributed by atoms with Gasteiger partial charge in [-0.05, 0) is 36.4 Å². The maximum Gasteiger partial charge on any atom is 0.487 e. The molecule has 0 aliphatic heterocycles. The number of alkyl halides is 3. The average molecular weight is 472 g/mol. The van der Waals surface area contributed by atoms with E-state index < -0.39 is 11.5 Å². The lowest BCUT2D eigenvalue weighted by Gasteiger charge is -2.12. The van der Waals surface area contributed by atoms with Crippen LogP contribution in [0, 0.1) is 0 Å². The number of amides is 1. The number of hydrogen-bond donors (Lipinski definition) is 1. The normalized spacial score (nSPS) is 11.3. The summed E-state index contributed by atoms with van der Waals surface area (Å²) in [5.74, 6) is -0.689. The molecule has 3 aromatic heterocycles. The molecule has 33 heavy (non-hydrogen) atoms. The van der Waals surface area contributed by atoms with Crippen LogP contribution in [-0.4, -0.2) is 30.8 Å². The van der Waals surface area contributed by atoms with E-state index in [-0.39, 0.29) is 22.4 Å². The van der Waals surface area contributed by atoms with Crippen LogP contribution in [0.15, 0.2) is 78.2 Å². The van der Waals surface area contributed by atoms with E-state index in [0.717, 1.165) is 0 Å². The molecule has 0 radical (unpaired) electrons. The van der Waals surface area contributed by atoms with Crippen LogP contribution in [-0.2, 0) is 7.05 Å². The smallest absolute Gasteiger partial charge is 0.420 e. The Morgan fingerprint density at radius 1 is 1.15 bits per heavy atom. The lowest BCUT2D eigenvalue weighted by atomic mass is 10.1. The predicted molar refractivity (Wildman–Crippen MR) is 118 cm³/mol. The highest BCUT2D eigenvalue weighted by Gasteiger charge is 2.27. The molecular weight excluding hydrogens is 456 g/mol. The second-order valence-corrected chi connectivity index (χ2v) is 7.40. The van der Waals surface area contributed by atoms with E-state index in [4.69, 9.17) is 11.6 Å². The van der Waals surface area contributed by atoms with Crippen molar-refractivity contribution in [1.82, 2.24) is 19.3 Å². The summed E-state index contributed by atoms with van der Waals surface area (Å²) < 4.78 is 32.6. The maximum absolute atomic E-state index is 13.1. The molecule has 0 fully saturated rings. The zero-order valence-electron chi connectivity index (χ0n) is 17.1. The number of nitrogens with one attached hydrogen (secondary N) is 1. The van der Waals surface area contributed by atoms with Gasteiger partial charge in [0.05, 0.1) is 17.4 Å². The number of aromatic nitrogens is 4. The molecule has 11 heteroatoms. The van der Waals surface area contributed by atoms with Gasteiger partial charge in [-0.15, -0.1) is 8.78 Å². The molecule has 0 atom stereocenters. The Labute approximate surface area is 191 Å². The average Bonchev–Trinajstić information content (AvgIpc) is 3.21. The number of carbonyl (C=O) groups is 1. The zero-order chi connectivity index (χ0) is 23.6. The van der Waals surface area contributed by atoms with Crippen molar-refractivity contribution in [3.8, 4) is 22.6 Å². The van der Waals surface area contributed by atoms with Crippen molar-refractivity contribution in [2.75, 3.05) is 5.32 Å². The molecule has 4 rings (SSSR count). The van der Waals surface area contributed by atoms with Crippen molar-refractivity contribution in [3.05, 3.63) is 89.4 Å². The minimum atomic E-state index is -3.84. The Bertz CT molecular complexity index is 1350. The van der Waals surface area contributed by atoms with Crippen LogP contribution in [0.5, 0.6) is 5.75 Å². The van der Waals surface area contributed by atoms with Gasteiger partial charge in [0.2, 0.25) is 0 Å². The fourth-order valence-corrected chi connectivity index (χ4v) is 3.19. The molecule has 3 heterocycles. The van der Waals surface area contributed by atoms with Crippen molar-refractivity contribution < 1.29 is 18.3 Å². The van der Waals surface area contributed by atoms with Crippen molar-refractivity contribution in [1.29, 1.82) is 0 Å². The third-order valence-electron chi connectivity index (χ3n) is 4.57. The van der Waals surface area contributed by atoms with E-state index in [1.807, 2.05) is 0 Å². The summed E-state index contributed by atoms with van der Waals surface area (Å²) in [6.07, 6.45) is 7.65. The molecule has 0 aliphatic rings. The van der Waals surface area contributed by atoms with Gasteiger partial charge in [-0.3, -0.25) is 23.8 Å². The molecule has 1 N–H and O–H groups in total. The molecule has 4 aromatic rings. The molecular formula is C22H16ClF2N5O3. The zero-order valence-corrected chi connectivity index (χ0v) is 17.8. The number of hydrogen-bond acceptors (Lipinski definition) is 5. The summed E-state index contributed by atoms with van der Waals surface area (Å²) in [6.45, 7) is 0. The first-order chi connectivity index (χ1) is 15.7. The first-order valence-corrected chi connectivity index (χ1v) is 9.91. The predicted octanol–water partition coefficient (Wildman–Crippen LogP) is 4.05. The van der Waals surface area contributed by atoms with Crippen molar-refractivity contribution in [2.24, 2.45) is 7.05 Å². The number of halogens is 3. The number of carbonyl (C=O) groups excluding carboxylic acids is 1. The summed E-state index contributed by atoms with van der Waals surface area (Å²) in [5, 5.41) is 6.75. The molecule has 0 unspecified atom stereocenters. The molecule has 0 saturated carbocycles. The topological polar surface area (TPSA) is 91.0 Å². The van der Waals surface area contributed by atoms with Gasteiger partial charge in [-0.2, -0.15) is 5.10 Å². The highest BCUT2D eigenvalue weighted by molar-refractivity contribution is 6.20. The van der Waals surface area contributed by atoms with Crippen LogP contribution in [0.1, 0.15) is 10.4 Å². The first kappa shape index (κ1) is 22.2. The van der Waals surface area contributed by atoms with Crippen molar-refractivity contribution in [2.45, 2.75) is 5.57 Å². The van der Waals surface area contributed by atoms with Gasteiger partial charge in [-0.25, -0.2) is 0 Å². The van der Waals surface area contributed by atoms with Gasteiger partial charge in [0.25, 0.3) is 11.5 Å². The molecule has 168 valence electrons. The van der Waals surface area contributed by atoms with Crippen LogP contribution >= 0.6 is 11.6 Å². The van der Waals surface area contributed by atoms with E-state index in [9.17, 15) is 18.4 Å². The summed E-state index contributed by atoms with van der Waals surface area (Å²) in [7, 11) is 1.71. The molecule has 0 spiro atoms. The van der Waals surface area contributed by atoms with Gasteiger partial charge >= 0.3 is 5.57 Å². The first-order valence-electron chi connectivity index (χ1n) is 9.53. The number of rotatable bonds is 6. The second-order valence-electron chi connectivity index (χ2n) is 6.96. The molecule has 1 aromatic carbocycles. The van der Waals surface area contributed by atoms with Crippen LogP contribution in [0.25, 0.3) is 16.8 Å². The van der Waals surface area contributed by atoms with E-state index in [0.29, 0.717) is 16.9 Å². The number of nitrogens with zero attached hydrogens (tertiary/aromatic N) is 4. The highest BCUT2D eigenvalue weighted by Crippen LogP contribution is 2.26. The third-order valence-corrected chi connectivity index (χ3v) is 4.64. The van der Waals surface area contributed by atoms with Gasteiger partial charge in [0.1, 0.15) is 5.75 Å². The Hall–Kier alpha value is -4.05. The molecule has 0 bridgehead atoms. The molecule has 0 aliphatic carbocycles. The van der Waals surface area contributed by atoms with Crippen LogP contribution in [0.3, 0.4) is 0 Å². The minimum Gasteiger partial charge on any atom is -0.420 e. The van der Waals surface area contributed by atoms with Crippen LogP contribution in [0.4, 0.5) is 14.5 Å². The monoisotopic (exact) mass is 471 g/mol. The minimum absolute atomic E-state index is 0.169. The SMILES string of the molecule is Cn1cc(-n2cc(C(=O)Nc3ccc(OC(F)(F)Cl)cc3)cc(-c3cccnc3)c2=O)cn1. The Kier molecular flexibility index (Phi) is 5.93. The number of benzene rings is 1. The summed E-state index contributed by atoms with van der Waals surface area (Å²) >= 11 is 4.75. The number of pyridine rings is 2. The van der Waals surface area contributed by atoms with E-state index in [2.05, 4.69) is 20.1 Å². The number of aryl methyl sites for hydroxylation is 1. The van der Waals surface area contributed by atoms with Gasteiger partial charge in [-0.1, -0.05) is 6.07 Å². The molecule has 0 saturated heterocycles. The van der Waals surface area contributed by atoms with E-state index in [1.165, 1.54) is 58.2 Å². The number of ether oxygens (including phenoxy) is 1. The fraction of sp³-hybridized carbons (Fsp3) is 0.0909. The lowest BCUT2D eigenvalue weighted by molar-refractivity contribution is -0.0964. The fourth-order valence-electron chi connectivity index (χ4n) is 3.10. The Morgan fingerprint density at radius 3 is 2.52 bits per heavy atom. The van der Waals surface area contributed by atoms with Crippen molar-refractivity contribution >= 4 is 23.2 Å². The Morgan fingerprint density at radius 2 is 1.91 bits per heavy atom. The maximum atomic E-state index is 13.1. The van der Waals surface area contributed by atoms with Gasteiger partial charge < -0.3 is 10.1 Å². The standard InChI is InChI=1S/C22H16ClF2N5O3/c1-29-13-17(11-27-29)30-12-15(9-19(21(30)32)14-3-2-8-26-10-14)20(31)28-16-4-6-18(7-5-16)33-22(23,24)25/h2-13H,1H3,(H,28,31). The van der Waals surface area contributed by atoms with Crippen LogP contribution in [0.2, 0.25) is 0 Å². The van der Waals surface area contributed by atoms with Crippen molar-refractivity contribution in [3.63, 3.8) is 0 Å². The summed E-state index contributed by atoms with van der Waals surface area (Å²) in [6, 6.07) is 10.1. The highest BCUT2D eigenvalue weighted by atomic mass is 35.5. The Balaban J connectivity index is 1.69. The summed E-state index contributed by atoms with van der Waals surface area (Å²) in [5.41, 5.74) is -2.39. The second kappa shape index (κ2) is 8.83. The largest absolute Gasteiger partial charge is 0.487 e. The summed E-state index contributed by atoms with van der Waals surface area (Å²) in [4.78, 5) is 30.2. The number of anilines is 1. The van der Waals surface area contributed by atoms with Gasteiger partial charge in [0, 0.05) is 60.3 Å². The molecule has 1 amide bonds. The lowest BCUT2D eigenvalue weighted by Crippen LogP contribution is -2.23. The van der Waals surface area contributed by atoms with Gasteiger partial charge in [0.15, 0.2) is 0 Å². The van der Waals surface area contributed by atoms with E-state index >= 15 is 0 Å². The van der Waals surface area contributed by atoms with E-state index in [1.54, 1.807) is 31.6 Å². The quantitative estimate of drug-likeness (QED) is 0.428. The third kappa shape index (κ3) is 5.24. The van der Waals surface area contributed by atoms with Crippen LogP contribution < -0.4 is 15.6 Å². The molecule has 8 nitrogen and oxygen atoms in total.